The van der Waals surface area contributed by atoms with Crippen LogP contribution in [0.1, 0.15) is 5.82 Å². The van der Waals surface area contributed by atoms with Gasteiger partial charge in [-0.3, -0.25) is 9.88 Å². The highest BCUT2D eigenvalue weighted by Crippen LogP contribution is 2.24. The van der Waals surface area contributed by atoms with Gasteiger partial charge in [0.1, 0.15) is 18.6 Å². The molecule has 0 aliphatic heterocycles. The number of rotatable bonds is 7. The highest BCUT2D eigenvalue weighted by Gasteiger charge is 2.39. The number of benzene rings is 1. The zero-order valence-electron chi connectivity index (χ0n) is 18.0. The van der Waals surface area contributed by atoms with Crippen LogP contribution in [0.5, 0.6) is 0 Å². The van der Waals surface area contributed by atoms with Gasteiger partial charge in [-0.25, -0.2) is 28.9 Å². The van der Waals surface area contributed by atoms with Crippen LogP contribution in [0.15, 0.2) is 53.7 Å². The summed E-state index contributed by atoms with van der Waals surface area (Å²) in [5.41, 5.74) is -0.399. The van der Waals surface area contributed by atoms with Crippen LogP contribution in [0.3, 0.4) is 0 Å². The number of carbonyl (C=O) groups is 1. The molecule has 12 nitrogen and oxygen atoms in total. The number of aliphatic hydroxyl groups is 1. The molecule has 0 radical (unpaired) electrons. The van der Waals surface area contributed by atoms with Gasteiger partial charge in [0, 0.05) is 16.8 Å². The summed E-state index contributed by atoms with van der Waals surface area (Å²) in [5, 5.41) is 29.4. The fraction of sp³-hybridized carbons (Fsp3) is 0.200. The second-order valence-electron chi connectivity index (χ2n) is 7.35. The van der Waals surface area contributed by atoms with Crippen LogP contribution in [0.2, 0.25) is 5.02 Å². The minimum Gasteiger partial charge on any atom is -0.465 e. The Morgan fingerprint density at radius 1 is 1.14 bits per heavy atom. The van der Waals surface area contributed by atoms with Crippen molar-refractivity contribution in [2.24, 2.45) is 0 Å². The van der Waals surface area contributed by atoms with Gasteiger partial charge in [-0.1, -0.05) is 11.6 Å². The molecule has 0 aliphatic carbocycles. The summed E-state index contributed by atoms with van der Waals surface area (Å²) in [7, 11) is 0. The van der Waals surface area contributed by atoms with Crippen molar-refractivity contribution in [1.29, 1.82) is 0 Å². The third-order valence-corrected chi connectivity index (χ3v) is 5.10. The lowest BCUT2D eigenvalue weighted by Crippen LogP contribution is -2.37. The predicted molar refractivity (Wildman–Crippen MR) is 119 cm³/mol. The molecule has 0 saturated carbocycles. The van der Waals surface area contributed by atoms with E-state index in [2.05, 4.69) is 25.5 Å². The standard InChI is InChI=1S/C20H16ClF3N8O4/c21-12-5-3-11(4-6-12)17-29-31(19(36)30(17)8-14(33)20(22,23)24)9-15-26-10-32(28-15)13-2-1-7-25-16(13)27-18(34)35/h1-7,10,14,33H,8-9H2,(H,25,27)(H,34,35). The molecule has 0 saturated heterocycles. The van der Waals surface area contributed by atoms with Crippen molar-refractivity contribution in [1.82, 2.24) is 34.1 Å². The van der Waals surface area contributed by atoms with Crippen molar-refractivity contribution in [3.05, 3.63) is 70.3 Å². The van der Waals surface area contributed by atoms with Crippen LogP contribution in [0.4, 0.5) is 23.8 Å². The van der Waals surface area contributed by atoms with E-state index in [9.17, 15) is 27.9 Å². The van der Waals surface area contributed by atoms with E-state index >= 15 is 0 Å². The first kappa shape index (κ1) is 24.9. The zero-order chi connectivity index (χ0) is 26.0. The number of anilines is 1. The number of nitrogens with zero attached hydrogens (tertiary/aromatic N) is 7. The molecule has 188 valence electrons. The van der Waals surface area contributed by atoms with Gasteiger partial charge >= 0.3 is 18.0 Å². The first-order valence-electron chi connectivity index (χ1n) is 10.1. The summed E-state index contributed by atoms with van der Waals surface area (Å²) in [6.07, 6.45) is -6.49. The molecule has 1 amide bonds. The van der Waals surface area contributed by atoms with Gasteiger partial charge in [-0.2, -0.15) is 13.2 Å². The average Bonchev–Trinajstić information content (AvgIpc) is 3.39. The minimum atomic E-state index is -4.95. The Labute approximate surface area is 204 Å². The molecule has 4 rings (SSSR count). The van der Waals surface area contributed by atoms with Crippen LogP contribution in [0.25, 0.3) is 17.1 Å². The number of aromatic nitrogens is 7. The Kier molecular flexibility index (Phi) is 6.76. The van der Waals surface area contributed by atoms with Crippen molar-refractivity contribution < 1.29 is 28.2 Å². The Balaban J connectivity index is 1.69. The fourth-order valence-electron chi connectivity index (χ4n) is 3.20. The van der Waals surface area contributed by atoms with Crippen molar-refractivity contribution in [2.45, 2.75) is 25.4 Å². The highest BCUT2D eigenvalue weighted by molar-refractivity contribution is 6.30. The SMILES string of the molecule is O=C(O)Nc1ncccc1-n1cnc(Cn2nc(-c3ccc(Cl)cc3)n(CC(O)C(F)(F)F)c2=O)n1. The van der Waals surface area contributed by atoms with E-state index < -0.39 is 30.6 Å². The largest absolute Gasteiger partial charge is 0.465 e. The number of halogens is 4. The topological polar surface area (TPSA) is 153 Å². The van der Waals surface area contributed by atoms with Gasteiger partial charge in [0.25, 0.3) is 0 Å². The van der Waals surface area contributed by atoms with Crippen molar-refractivity contribution in [3.8, 4) is 17.1 Å². The summed E-state index contributed by atoms with van der Waals surface area (Å²) >= 11 is 5.88. The molecule has 4 aromatic rings. The van der Waals surface area contributed by atoms with Crippen LogP contribution in [-0.4, -0.2) is 62.7 Å². The fourth-order valence-corrected chi connectivity index (χ4v) is 3.32. The minimum absolute atomic E-state index is 0.0194. The van der Waals surface area contributed by atoms with E-state index in [4.69, 9.17) is 16.7 Å². The molecular formula is C20H16ClF3N8O4. The number of aliphatic hydroxyl groups excluding tert-OH is 1. The third kappa shape index (κ3) is 5.36. The van der Waals surface area contributed by atoms with Crippen LogP contribution < -0.4 is 11.0 Å². The zero-order valence-corrected chi connectivity index (χ0v) is 18.7. The molecule has 16 heteroatoms. The van der Waals surface area contributed by atoms with Gasteiger partial charge in [-0.15, -0.1) is 10.2 Å². The molecular weight excluding hydrogens is 509 g/mol. The van der Waals surface area contributed by atoms with Gasteiger partial charge < -0.3 is 10.2 Å². The molecule has 3 N–H and O–H groups in total. The lowest BCUT2D eigenvalue weighted by molar-refractivity contribution is -0.207. The van der Waals surface area contributed by atoms with Gasteiger partial charge in [0.05, 0.1) is 6.54 Å². The van der Waals surface area contributed by atoms with Gasteiger partial charge in [0.15, 0.2) is 23.6 Å². The summed E-state index contributed by atoms with van der Waals surface area (Å²) in [4.78, 5) is 32.0. The summed E-state index contributed by atoms with van der Waals surface area (Å²) in [6, 6.07) is 8.96. The van der Waals surface area contributed by atoms with Crippen LogP contribution in [-0.2, 0) is 13.1 Å². The van der Waals surface area contributed by atoms with Crippen molar-refractivity contribution in [2.75, 3.05) is 5.32 Å². The summed E-state index contributed by atoms with van der Waals surface area (Å²) < 4.78 is 41.8. The maximum atomic E-state index is 13.0. The van der Waals surface area contributed by atoms with E-state index in [0.717, 1.165) is 4.68 Å². The molecule has 0 spiro atoms. The first-order valence-corrected chi connectivity index (χ1v) is 10.4. The quantitative estimate of drug-likeness (QED) is 0.333. The van der Waals surface area contributed by atoms with Crippen molar-refractivity contribution >= 4 is 23.5 Å². The Morgan fingerprint density at radius 2 is 1.86 bits per heavy atom. The number of nitrogens with one attached hydrogen (secondary N) is 1. The summed E-state index contributed by atoms with van der Waals surface area (Å²) in [5.74, 6) is -0.0976. The maximum absolute atomic E-state index is 13.0. The lowest BCUT2D eigenvalue weighted by Gasteiger charge is -2.15. The number of pyridine rings is 1. The number of alkyl halides is 3. The molecule has 36 heavy (non-hydrogen) atoms. The smallest absolute Gasteiger partial charge is 0.416 e. The van der Waals surface area contributed by atoms with E-state index in [1.54, 1.807) is 6.07 Å². The molecule has 0 fully saturated rings. The molecule has 0 bridgehead atoms. The molecule has 1 aromatic carbocycles. The predicted octanol–water partition coefficient (Wildman–Crippen LogP) is 2.40. The number of hydrogen-bond acceptors (Lipinski definition) is 7. The maximum Gasteiger partial charge on any atom is 0.416 e. The Bertz CT molecular complexity index is 1450. The average molecular weight is 525 g/mol. The molecule has 1 atom stereocenters. The van der Waals surface area contributed by atoms with Gasteiger partial charge in [0.2, 0.25) is 0 Å². The molecule has 3 heterocycles. The second-order valence-corrected chi connectivity index (χ2v) is 7.78. The number of hydrogen-bond donors (Lipinski definition) is 3. The highest BCUT2D eigenvalue weighted by atomic mass is 35.5. The Morgan fingerprint density at radius 3 is 2.53 bits per heavy atom. The van der Waals surface area contributed by atoms with E-state index in [-0.39, 0.29) is 29.7 Å². The van der Waals surface area contributed by atoms with Crippen LogP contribution >= 0.6 is 11.6 Å². The van der Waals surface area contributed by atoms with Crippen LogP contribution in [0, 0.1) is 0 Å². The molecule has 3 aromatic heterocycles. The normalized spacial score (nSPS) is 12.5. The first-order chi connectivity index (χ1) is 17.0. The molecule has 1 unspecified atom stereocenters. The van der Waals surface area contributed by atoms with Crippen molar-refractivity contribution in [3.63, 3.8) is 0 Å². The molecule has 0 aliphatic rings. The number of amides is 1. The monoisotopic (exact) mass is 524 g/mol. The van der Waals surface area contributed by atoms with Gasteiger partial charge in [-0.05, 0) is 36.4 Å². The third-order valence-electron chi connectivity index (χ3n) is 4.85. The Hall–Kier alpha value is -4.24. The second kappa shape index (κ2) is 9.79. The lowest BCUT2D eigenvalue weighted by atomic mass is 10.2. The van der Waals surface area contributed by atoms with E-state index in [1.807, 2.05) is 0 Å². The summed E-state index contributed by atoms with van der Waals surface area (Å²) in [6.45, 7) is -1.41. The van der Waals surface area contributed by atoms with E-state index in [1.165, 1.54) is 47.5 Å². The number of carboxylic acid groups (broad SMARTS) is 1. The van der Waals surface area contributed by atoms with E-state index in [0.29, 0.717) is 15.2 Å².